The zero-order valence-corrected chi connectivity index (χ0v) is 13.9. The molecule has 1 aliphatic heterocycles. The molecule has 1 aliphatic rings. The summed E-state index contributed by atoms with van der Waals surface area (Å²) < 4.78 is 29.5. The van der Waals surface area contributed by atoms with Crippen molar-refractivity contribution in [3.8, 4) is 5.75 Å². The maximum atomic E-state index is 13.7. The average Bonchev–Trinajstić information content (AvgIpc) is 2.51. The summed E-state index contributed by atoms with van der Waals surface area (Å²) in [4.78, 5) is 16.4. The normalized spacial score (nSPS) is 13.2. The lowest BCUT2D eigenvalue weighted by atomic mass is 10.1. The number of aromatic nitrogens is 1. The number of carbonyl (C=O) groups is 1. The summed E-state index contributed by atoms with van der Waals surface area (Å²) >= 11 is 6.04. The highest BCUT2D eigenvalue weighted by Crippen LogP contribution is 2.30. The second kappa shape index (κ2) is 6.75. The Hall–Kier alpha value is -2.18. The van der Waals surface area contributed by atoms with E-state index in [4.69, 9.17) is 25.8 Å². The zero-order chi connectivity index (χ0) is 17.3. The van der Waals surface area contributed by atoms with Gasteiger partial charge in [-0.3, -0.25) is 0 Å². The second-order valence-corrected chi connectivity index (χ2v) is 5.84. The quantitative estimate of drug-likeness (QED) is 0.623. The molecule has 0 bridgehead atoms. The first kappa shape index (κ1) is 16.7. The number of hydrogen-bond donors (Lipinski definition) is 0. The highest BCUT2D eigenvalue weighted by atomic mass is 35.5. The van der Waals surface area contributed by atoms with E-state index >= 15 is 0 Å². The molecule has 0 radical (unpaired) electrons. The SMILES string of the molecule is Cc1cc(C)c(C(=O)OCc2cc(F)cc3c2OCOC3)c(Cl)n1. The average molecular weight is 352 g/mol. The minimum atomic E-state index is -0.616. The highest BCUT2D eigenvalue weighted by Gasteiger charge is 2.21. The summed E-state index contributed by atoms with van der Waals surface area (Å²) in [5, 5.41) is 0.0865. The first-order chi connectivity index (χ1) is 11.5. The molecule has 24 heavy (non-hydrogen) atoms. The van der Waals surface area contributed by atoms with Crippen molar-refractivity contribution in [3.05, 3.63) is 57.1 Å². The van der Waals surface area contributed by atoms with Gasteiger partial charge in [-0.25, -0.2) is 14.2 Å². The molecule has 3 rings (SSSR count). The molecule has 2 aromatic rings. The Kier molecular flexibility index (Phi) is 4.69. The number of hydrogen-bond acceptors (Lipinski definition) is 5. The lowest BCUT2D eigenvalue weighted by Gasteiger charge is -2.20. The molecule has 0 saturated carbocycles. The molecule has 7 heteroatoms. The van der Waals surface area contributed by atoms with Crippen LogP contribution in [0.5, 0.6) is 5.75 Å². The van der Waals surface area contributed by atoms with Crippen LogP contribution in [-0.4, -0.2) is 17.7 Å². The van der Waals surface area contributed by atoms with Crippen LogP contribution in [0.25, 0.3) is 0 Å². The number of nitrogens with zero attached hydrogens (tertiary/aromatic N) is 1. The number of benzene rings is 1. The van der Waals surface area contributed by atoms with Crippen LogP contribution >= 0.6 is 11.6 Å². The van der Waals surface area contributed by atoms with Gasteiger partial charge in [-0.2, -0.15) is 0 Å². The molecule has 0 unspecified atom stereocenters. The fourth-order valence-electron chi connectivity index (χ4n) is 2.62. The standard InChI is InChI=1S/C17H15ClFNO4/c1-9-3-10(2)20-16(18)14(9)17(21)23-7-12-5-13(19)4-11-6-22-8-24-15(11)12/h3-5H,6-8H2,1-2H3. The van der Waals surface area contributed by atoms with Crippen molar-refractivity contribution in [2.75, 3.05) is 6.79 Å². The number of aryl methyl sites for hydroxylation is 2. The first-order valence-corrected chi connectivity index (χ1v) is 7.66. The van der Waals surface area contributed by atoms with Gasteiger partial charge in [0, 0.05) is 16.8 Å². The number of halogens is 2. The smallest absolute Gasteiger partial charge is 0.341 e. The van der Waals surface area contributed by atoms with Gasteiger partial charge < -0.3 is 14.2 Å². The van der Waals surface area contributed by atoms with Crippen LogP contribution in [0.4, 0.5) is 4.39 Å². The van der Waals surface area contributed by atoms with E-state index in [-0.39, 0.29) is 30.7 Å². The van der Waals surface area contributed by atoms with Crippen LogP contribution in [0, 0.1) is 19.7 Å². The molecular weight excluding hydrogens is 337 g/mol. The summed E-state index contributed by atoms with van der Waals surface area (Å²) in [7, 11) is 0. The molecule has 0 N–H and O–H groups in total. The van der Waals surface area contributed by atoms with E-state index in [9.17, 15) is 9.18 Å². The van der Waals surface area contributed by atoms with Gasteiger partial charge >= 0.3 is 5.97 Å². The third-order valence-electron chi connectivity index (χ3n) is 3.62. The molecule has 0 aliphatic carbocycles. The van der Waals surface area contributed by atoms with Gasteiger partial charge in [-0.05, 0) is 37.6 Å². The van der Waals surface area contributed by atoms with Crippen LogP contribution in [0.1, 0.15) is 32.7 Å². The molecule has 0 amide bonds. The summed E-state index contributed by atoms with van der Waals surface area (Å²) in [6, 6.07) is 4.36. The molecule has 1 aromatic heterocycles. The van der Waals surface area contributed by atoms with Crippen molar-refractivity contribution >= 4 is 17.6 Å². The van der Waals surface area contributed by atoms with Gasteiger partial charge in [0.15, 0.2) is 6.79 Å². The summed E-state index contributed by atoms with van der Waals surface area (Å²) in [6.07, 6.45) is 0. The van der Waals surface area contributed by atoms with Gasteiger partial charge in [-0.1, -0.05) is 11.6 Å². The number of ether oxygens (including phenoxy) is 3. The Balaban J connectivity index is 1.82. The fraction of sp³-hybridized carbons (Fsp3) is 0.294. The molecule has 2 heterocycles. The van der Waals surface area contributed by atoms with E-state index in [1.165, 1.54) is 12.1 Å². The van der Waals surface area contributed by atoms with Crippen LogP contribution in [0.15, 0.2) is 18.2 Å². The predicted octanol–water partition coefficient (Wildman–Crippen LogP) is 3.71. The zero-order valence-electron chi connectivity index (χ0n) is 13.2. The lowest BCUT2D eigenvalue weighted by molar-refractivity contribution is -0.0182. The second-order valence-electron chi connectivity index (χ2n) is 5.49. The number of fused-ring (bicyclic) bond motifs is 1. The number of pyridine rings is 1. The first-order valence-electron chi connectivity index (χ1n) is 7.28. The number of carbonyl (C=O) groups excluding carboxylic acids is 1. The number of esters is 1. The van der Waals surface area contributed by atoms with Crippen molar-refractivity contribution in [3.63, 3.8) is 0 Å². The van der Waals surface area contributed by atoms with E-state index in [2.05, 4.69) is 4.98 Å². The molecule has 5 nitrogen and oxygen atoms in total. The van der Waals surface area contributed by atoms with Gasteiger partial charge in [0.2, 0.25) is 0 Å². The van der Waals surface area contributed by atoms with Crippen LogP contribution in [0.3, 0.4) is 0 Å². The third-order valence-corrected chi connectivity index (χ3v) is 3.89. The Labute approximate surface area is 143 Å². The van der Waals surface area contributed by atoms with E-state index < -0.39 is 11.8 Å². The maximum absolute atomic E-state index is 13.7. The van der Waals surface area contributed by atoms with Gasteiger partial charge in [0.25, 0.3) is 0 Å². The Bertz CT molecular complexity index is 786. The van der Waals surface area contributed by atoms with Crippen molar-refractivity contribution in [1.29, 1.82) is 0 Å². The minimum absolute atomic E-state index is 0.0758. The van der Waals surface area contributed by atoms with Crippen molar-refractivity contribution in [2.45, 2.75) is 27.1 Å². The summed E-state index contributed by atoms with van der Waals surface area (Å²) in [5.74, 6) is -0.574. The fourth-order valence-corrected chi connectivity index (χ4v) is 2.98. The van der Waals surface area contributed by atoms with Gasteiger partial charge in [0.05, 0.1) is 12.2 Å². The molecule has 0 fully saturated rings. The lowest BCUT2D eigenvalue weighted by Crippen LogP contribution is -2.15. The monoisotopic (exact) mass is 351 g/mol. The molecule has 0 saturated heterocycles. The van der Waals surface area contributed by atoms with E-state index in [0.717, 1.165) is 0 Å². The Morgan fingerprint density at radius 1 is 1.38 bits per heavy atom. The van der Waals surface area contributed by atoms with Crippen LogP contribution in [0.2, 0.25) is 5.15 Å². The largest absolute Gasteiger partial charge is 0.467 e. The van der Waals surface area contributed by atoms with Gasteiger partial charge in [-0.15, -0.1) is 0 Å². The van der Waals surface area contributed by atoms with E-state index in [1.54, 1.807) is 19.9 Å². The molecule has 0 spiro atoms. The Morgan fingerprint density at radius 3 is 2.92 bits per heavy atom. The topological polar surface area (TPSA) is 57.7 Å². The van der Waals surface area contributed by atoms with Crippen molar-refractivity contribution < 1.29 is 23.4 Å². The maximum Gasteiger partial charge on any atom is 0.341 e. The van der Waals surface area contributed by atoms with E-state index in [1.807, 2.05) is 0 Å². The minimum Gasteiger partial charge on any atom is -0.467 e. The van der Waals surface area contributed by atoms with Crippen LogP contribution in [-0.2, 0) is 22.7 Å². The van der Waals surface area contributed by atoms with Gasteiger partial charge in [0.1, 0.15) is 23.3 Å². The molecule has 1 aromatic carbocycles. The van der Waals surface area contributed by atoms with E-state index in [0.29, 0.717) is 28.1 Å². The predicted molar refractivity (Wildman–Crippen MR) is 84.5 cm³/mol. The summed E-state index contributed by atoms with van der Waals surface area (Å²) in [6.45, 7) is 3.73. The number of rotatable bonds is 3. The summed E-state index contributed by atoms with van der Waals surface area (Å²) in [5.41, 5.74) is 2.61. The molecular formula is C17H15ClFNO4. The van der Waals surface area contributed by atoms with Crippen molar-refractivity contribution in [2.24, 2.45) is 0 Å². The van der Waals surface area contributed by atoms with Crippen LogP contribution < -0.4 is 4.74 Å². The highest BCUT2D eigenvalue weighted by molar-refractivity contribution is 6.32. The third kappa shape index (κ3) is 3.34. The van der Waals surface area contributed by atoms with Crippen molar-refractivity contribution in [1.82, 2.24) is 4.98 Å². The molecule has 0 atom stereocenters. The Morgan fingerprint density at radius 2 is 2.17 bits per heavy atom. The molecule has 126 valence electrons.